The third-order valence-corrected chi connectivity index (χ3v) is 5.15. The highest BCUT2D eigenvalue weighted by Crippen LogP contribution is 2.26. The Morgan fingerprint density at radius 3 is 2.88 bits per heavy atom. The van der Waals surface area contributed by atoms with E-state index in [2.05, 4.69) is 10.3 Å². The van der Waals surface area contributed by atoms with Gasteiger partial charge in [0.1, 0.15) is 0 Å². The minimum Gasteiger partial charge on any atom is -0.373 e. The fourth-order valence-electron chi connectivity index (χ4n) is 3.78. The fourth-order valence-corrected chi connectivity index (χ4v) is 3.78. The van der Waals surface area contributed by atoms with E-state index < -0.39 is 0 Å². The zero-order valence-corrected chi connectivity index (χ0v) is 14.6. The van der Waals surface area contributed by atoms with E-state index in [4.69, 9.17) is 9.47 Å². The standard InChI is InChI=1S/C19H23N3O4/c23-18(21-13-5-6-16-17(11-13)26-10-9-25-16)7-8-22-12-20-15-4-2-1-3-14(15)19(22)24/h1-4,12-13,16-17H,5-11H2,(H,21,23)/t13-,16-,17-/m1/s1. The highest BCUT2D eigenvalue weighted by Gasteiger charge is 2.34. The molecule has 26 heavy (non-hydrogen) atoms. The first-order chi connectivity index (χ1) is 12.7. The Morgan fingerprint density at radius 2 is 2.00 bits per heavy atom. The lowest BCUT2D eigenvalue weighted by atomic mass is 9.89. The maximum absolute atomic E-state index is 12.4. The summed E-state index contributed by atoms with van der Waals surface area (Å²) in [5.74, 6) is -0.0507. The lowest BCUT2D eigenvalue weighted by Gasteiger charge is -2.39. The minimum absolute atomic E-state index is 0.0507. The quantitative estimate of drug-likeness (QED) is 0.890. The third kappa shape index (κ3) is 3.64. The van der Waals surface area contributed by atoms with Crippen LogP contribution in [0, 0.1) is 0 Å². The van der Waals surface area contributed by atoms with E-state index in [-0.39, 0.29) is 36.1 Å². The molecule has 1 saturated carbocycles. The smallest absolute Gasteiger partial charge is 0.261 e. The molecule has 1 saturated heterocycles. The van der Waals surface area contributed by atoms with Crippen LogP contribution >= 0.6 is 0 Å². The van der Waals surface area contributed by atoms with Gasteiger partial charge >= 0.3 is 0 Å². The van der Waals surface area contributed by atoms with Crippen LogP contribution in [0.3, 0.4) is 0 Å². The zero-order chi connectivity index (χ0) is 17.9. The Labute approximate surface area is 151 Å². The molecular formula is C19H23N3O4. The Hall–Kier alpha value is -2.25. The molecule has 0 spiro atoms. The number of amides is 1. The van der Waals surface area contributed by atoms with Crippen LogP contribution in [0.4, 0.5) is 0 Å². The van der Waals surface area contributed by atoms with Crippen LogP contribution in [0.1, 0.15) is 25.7 Å². The summed E-state index contributed by atoms with van der Waals surface area (Å²) in [6.07, 6.45) is 4.60. The maximum Gasteiger partial charge on any atom is 0.261 e. The lowest BCUT2D eigenvalue weighted by molar-refractivity contribution is -0.158. The van der Waals surface area contributed by atoms with E-state index >= 15 is 0 Å². The van der Waals surface area contributed by atoms with Gasteiger partial charge in [0.15, 0.2) is 0 Å². The van der Waals surface area contributed by atoms with Gasteiger partial charge in [-0.3, -0.25) is 14.2 Å². The molecule has 1 aromatic carbocycles. The van der Waals surface area contributed by atoms with Gasteiger partial charge in [-0.05, 0) is 31.4 Å². The van der Waals surface area contributed by atoms with Crippen molar-refractivity contribution in [3.8, 4) is 0 Å². The molecule has 2 heterocycles. The molecule has 138 valence electrons. The Kier molecular flexibility index (Phi) is 4.99. The van der Waals surface area contributed by atoms with E-state index in [1.807, 2.05) is 12.1 Å². The predicted molar refractivity (Wildman–Crippen MR) is 95.9 cm³/mol. The molecule has 1 aliphatic carbocycles. The van der Waals surface area contributed by atoms with Crippen molar-refractivity contribution in [1.82, 2.24) is 14.9 Å². The summed E-state index contributed by atoms with van der Waals surface area (Å²) in [4.78, 5) is 29.0. The van der Waals surface area contributed by atoms with Gasteiger partial charge < -0.3 is 14.8 Å². The largest absolute Gasteiger partial charge is 0.373 e. The van der Waals surface area contributed by atoms with Gasteiger partial charge in [0, 0.05) is 19.0 Å². The van der Waals surface area contributed by atoms with Crippen LogP contribution in [-0.2, 0) is 20.8 Å². The fraction of sp³-hybridized carbons (Fsp3) is 0.526. The number of aryl methyl sites for hydroxylation is 1. The molecule has 1 N–H and O–H groups in total. The molecule has 3 atom stereocenters. The van der Waals surface area contributed by atoms with E-state index in [9.17, 15) is 9.59 Å². The average molecular weight is 357 g/mol. The van der Waals surface area contributed by atoms with Gasteiger partial charge in [-0.1, -0.05) is 12.1 Å². The van der Waals surface area contributed by atoms with Crippen molar-refractivity contribution in [2.24, 2.45) is 0 Å². The highest BCUT2D eigenvalue weighted by molar-refractivity contribution is 5.77. The first-order valence-corrected chi connectivity index (χ1v) is 9.17. The van der Waals surface area contributed by atoms with Crippen molar-refractivity contribution < 1.29 is 14.3 Å². The number of ether oxygens (including phenoxy) is 2. The second kappa shape index (κ2) is 7.55. The number of fused-ring (bicyclic) bond motifs is 2. The zero-order valence-electron chi connectivity index (χ0n) is 14.6. The molecule has 4 rings (SSSR count). The summed E-state index contributed by atoms with van der Waals surface area (Å²) in [5, 5.41) is 3.64. The van der Waals surface area contributed by atoms with Crippen molar-refractivity contribution in [2.75, 3.05) is 13.2 Å². The normalized spacial score (nSPS) is 25.6. The molecule has 1 amide bonds. The molecule has 0 radical (unpaired) electrons. The summed E-state index contributed by atoms with van der Waals surface area (Å²) >= 11 is 0. The lowest BCUT2D eigenvalue weighted by Crippen LogP contribution is -2.49. The molecule has 1 aromatic heterocycles. The number of para-hydroxylation sites is 1. The summed E-state index contributed by atoms with van der Waals surface area (Å²) in [6, 6.07) is 7.34. The van der Waals surface area contributed by atoms with Crippen LogP contribution in [0.25, 0.3) is 10.9 Å². The first kappa shape index (κ1) is 17.2. The van der Waals surface area contributed by atoms with Gasteiger partial charge in [0.2, 0.25) is 5.91 Å². The Morgan fingerprint density at radius 1 is 1.19 bits per heavy atom. The molecule has 7 heteroatoms. The number of hydrogen-bond acceptors (Lipinski definition) is 5. The van der Waals surface area contributed by atoms with Crippen LogP contribution in [0.15, 0.2) is 35.4 Å². The van der Waals surface area contributed by atoms with Gasteiger partial charge in [0.05, 0.1) is 42.7 Å². The number of carbonyl (C=O) groups excluding carboxylic acids is 1. The van der Waals surface area contributed by atoms with E-state index in [1.54, 1.807) is 12.1 Å². The van der Waals surface area contributed by atoms with E-state index in [0.29, 0.717) is 30.7 Å². The number of hydrogen-bond donors (Lipinski definition) is 1. The number of carbonyl (C=O) groups is 1. The summed E-state index contributed by atoms with van der Waals surface area (Å²) < 4.78 is 13.0. The van der Waals surface area contributed by atoms with Crippen molar-refractivity contribution in [3.63, 3.8) is 0 Å². The van der Waals surface area contributed by atoms with E-state index in [1.165, 1.54) is 10.9 Å². The Balaban J connectivity index is 1.33. The van der Waals surface area contributed by atoms with Crippen molar-refractivity contribution >= 4 is 16.8 Å². The van der Waals surface area contributed by atoms with Crippen LogP contribution in [0.5, 0.6) is 0 Å². The van der Waals surface area contributed by atoms with Crippen LogP contribution in [-0.4, -0.2) is 46.9 Å². The first-order valence-electron chi connectivity index (χ1n) is 9.17. The second-order valence-electron chi connectivity index (χ2n) is 6.91. The molecule has 7 nitrogen and oxygen atoms in total. The van der Waals surface area contributed by atoms with Crippen molar-refractivity contribution in [1.29, 1.82) is 0 Å². The van der Waals surface area contributed by atoms with Crippen molar-refractivity contribution in [2.45, 2.75) is 50.5 Å². The second-order valence-corrected chi connectivity index (χ2v) is 6.91. The molecule has 0 bridgehead atoms. The molecule has 1 aliphatic heterocycles. The summed E-state index contributed by atoms with van der Waals surface area (Å²) in [5.41, 5.74) is 0.557. The summed E-state index contributed by atoms with van der Waals surface area (Å²) in [6.45, 7) is 1.60. The topological polar surface area (TPSA) is 82.5 Å². The number of benzene rings is 1. The molecule has 2 aromatic rings. The monoisotopic (exact) mass is 357 g/mol. The number of rotatable bonds is 4. The molecule has 2 fully saturated rings. The molecule has 0 unspecified atom stereocenters. The SMILES string of the molecule is O=C(CCn1cnc2ccccc2c1=O)N[C@@H]1CC[C@H]2OCCO[C@@H]2C1. The van der Waals surface area contributed by atoms with Gasteiger partial charge in [-0.25, -0.2) is 4.98 Å². The average Bonchev–Trinajstić information content (AvgIpc) is 2.67. The van der Waals surface area contributed by atoms with Crippen LogP contribution in [0.2, 0.25) is 0 Å². The summed E-state index contributed by atoms with van der Waals surface area (Å²) in [7, 11) is 0. The number of nitrogens with zero attached hydrogens (tertiary/aromatic N) is 2. The molecular weight excluding hydrogens is 334 g/mol. The Bertz CT molecular complexity index is 850. The maximum atomic E-state index is 12.4. The van der Waals surface area contributed by atoms with Crippen molar-refractivity contribution in [3.05, 3.63) is 40.9 Å². The van der Waals surface area contributed by atoms with E-state index in [0.717, 1.165) is 19.3 Å². The number of nitrogens with one attached hydrogen (secondary N) is 1. The van der Waals surface area contributed by atoms with Gasteiger partial charge in [-0.15, -0.1) is 0 Å². The van der Waals surface area contributed by atoms with Crippen LogP contribution < -0.4 is 10.9 Å². The highest BCUT2D eigenvalue weighted by atomic mass is 16.6. The predicted octanol–water partition coefficient (Wildman–Crippen LogP) is 1.24. The molecule has 2 aliphatic rings. The van der Waals surface area contributed by atoms with Gasteiger partial charge in [-0.2, -0.15) is 0 Å². The third-order valence-electron chi connectivity index (χ3n) is 5.15. The van der Waals surface area contributed by atoms with Gasteiger partial charge in [0.25, 0.3) is 5.56 Å². The number of aromatic nitrogens is 2. The minimum atomic E-state index is -0.114.